The number of hydrogen-bond acceptors (Lipinski definition) is 2. The molecule has 0 spiro atoms. The second kappa shape index (κ2) is 3.17. The van der Waals surface area contributed by atoms with E-state index in [0.717, 1.165) is 0 Å². The Morgan fingerprint density at radius 2 is 2.25 bits per heavy atom. The molecule has 5 heteroatoms. The highest BCUT2D eigenvalue weighted by Crippen LogP contribution is 2.16. The van der Waals surface area contributed by atoms with Crippen LogP contribution in [0.25, 0.3) is 0 Å². The normalized spacial score (nSPS) is 9.50. The number of nitrogens with zero attached hydrogens (tertiary/aromatic N) is 1. The number of hydrogen-bond donors (Lipinski definition) is 1. The van der Waals surface area contributed by atoms with Crippen molar-refractivity contribution in [2.24, 2.45) is 0 Å². The van der Waals surface area contributed by atoms with Gasteiger partial charge in [0.2, 0.25) is 0 Å². The second-order valence-corrected chi connectivity index (χ2v) is 2.31. The quantitative estimate of drug-likeness (QED) is 0.543. The van der Waals surface area contributed by atoms with Crippen molar-refractivity contribution in [3.8, 4) is 0 Å². The Balaban J connectivity index is 3.00. The van der Waals surface area contributed by atoms with Crippen LogP contribution in [0, 0.1) is 22.9 Å². The van der Waals surface area contributed by atoms with Crippen molar-refractivity contribution in [3.63, 3.8) is 0 Å². The number of anilines is 1. The predicted molar refractivity (Wildman–Crippen MR) is 41.8 cm³/mol. The Morgan fingerprint density at radius 1 is 1.58 bits per heavy atom. The van der Waals surface area contributed by atoms with Crippen molar-refractivity contribution in [3.05, 3.63) is 39.7 Å². The standard InChI is InChI=1S/C7H7FN2O2/c1-5-3-2-4-6(7(5)8)9-10(11)12/h2-4,9H,1H3. The first-order valence-corrected chi connectivity index (χ1v) is 3.27. The molecule has 0 radical (unpaired) electrons. The lowest BCUT2D eigenvalue weighted by Gasteiger charge is -2.00. The van der Waals surface area contributed by atoms with Gasteiger partial charge in [0.15, 0.2) is 10.8 Å². The zero-order valence-electron chi connectivity index (χ0n) is 6.37. The summed E-state index contributed by atoms with van der Waals surface area (Å²) in [6.45, 7) is 1.54. The van der Waals surface area contributed by atoms with Gasteiger partial charge in [0, 0.05) is 0 Å². The molecule has 0 aliphatic carbocycles. The Kier molecular flexibility index (Phi) is 2.23. The summed E-state index contributed by atoms with van der Waals surface area (Å²) in [6.07, 6.45) is 0. The van der Waals surface area contributed by atoms with Gasteiger partial charge in [-0.05, 0) is 18.6 Å². The molecule has 12 heavy (non-hydrogen) atoms. The maximum Gasteiger partial charge on any atom is 0.162 e. The molecule has 1 N–H and O–H groups in total. The van der Waals surface area contributed by atoms with Gasteiger partial charge in [-0.15, -0.1) is 5.43 Å². The van der Waals surface area contributed by atoms with Crippen molar-refractivity contribution in [2.45, 2.75) is 6.92 Å². The van der Waals surface area contributed by atoms with E-state index < -0.39 is 10.8 Å². The summed E-state index contributed by atoms with van der Waals surface area (Å²) in [5.74, 6) is -0.589. The lowest BCUT2D eigenvalue weighted by molar-refractivity contribution is -0.445. The SMILES string of the molecule is Cc1cccc(N[N+](=O)[O-])c1F. The molecule has 64 valence electrons. The van der Waals surface area contributed by atoms with E-state index in [4.69, 9.17) is 0 Å². The number of hydrazine groups is 1. The molecule has 0 aliphatic heterocycles. The monoisotopic (exact) mass is 170 g/mol. The summed E-state index contributed by atoms with van der Waals surface area (Å²) in [6, 6.07) is 4.40. The van der Waals surface area contributed by atoms with Crippen LogP contribution in [-0.4, -0.2) is 5.03 Å². The van der Waals surface area contributed by atoms with Gasteiger partial charge >= 0.3 is 0 Å². The van der Waals surface area contributed by atoms with Gasteiger partial charge in [-0.25, -0.2) is 14.5 Å². The minimum atomic E-state index is -0.794. The average molecular weight is 170 g/mol. The van der Waals surface area contributed by atoms with Crippen LogP contribution < -0.4 is 5.43 Å². The van der Waals surface area contributed by atoms with Gasteiger partial charge in [-0.2, -0.15) is 0 Å². The van der Waals surface area contributed by atoms with Crippen LogP contribution in [0.5, 0.6) is 0 Å². The predicted octanol–water partition coefficient (Wildman–Crippen LogP) is 1.74. The van der Waals surface area contributed by atoms with Crippen LogP contribution in [0.1, 0.15) is 5.56 Å². The minimum absolute atomic E-state index is 0.111. The van der Waals surface area contributed by atoms with Crippen LogP contribution in [0.2, 0.25) is 0 Å². The Morgan fingerprint density at radius 3 is 2.83 bits per heavy atom. The third-order valence-corrected chi connectivity index (χ3v) is 1.40. The molecule has 1 aromatic rings. The highest BCUT2D eigenvalue weighted by atomic mass is 19.1. The van der Waals surface area contributed by atoms with Crippen LogP contribution in [0.15, 0.2) is 18.2 Å². The largest absolute Gasteiger partial charge is 0.235 e. The van der Waals surface area contributed by atoms with Crippen LogP contribution >= 0.6 is 0 Å². The molecule has 0 aromatic heterocycles. The highest BCUT2D eigenvalue weighted by Gasteiger charge is 2.07. The Bertz CT molecular complexity index is 314. The third kappa shape index (κ3) is 1.69. The number of halogens is 1. The minimum Gasteiger partial charge on any atom is -0.235 e. The molecular formula is C7H7FN2O2. The number of nitrogens with one attached hydrogen (secondary N) is 1. The van der Waals surface area contributed by atoms with Crippen molar-refractivity contribution in [1.82, 2.24) is 0 Å². The molecule has 0 saturated carbocycles. The molecule has 0 bridgehead atoms. The second-order valence-electron chi connectivity index (χ2n) is 2.31. The molecule has 0 heterocycles. The summed E-state index contributed by atoms with van der Waals surface area (Å²) in [4.78, 5) is 9.96. The first-order chi connectivity index (χ1) is 5.61. The van der Waals surface area contributed by atoms with Crippen LogP contribution in [0.3, 0.4) is 0 Å². The molecular weight excluding hydrogens is 163 g/mol. The fourth-order valence-electron chi connectivity index (χ4n) is 0.832. The summed E-state index contributed by atoms with van der Waals surface area (Å²) < 4.78 is 13.0. The maximum atomic E-state index is 13.0. The van der Waals surface area contributed by atoms with E-state index in [0.29, 0.717) is 5.56 Å². The highest BCUT2D eigenvalue weighted by molar-refractivity contribution is 5.45. The van der Waals surface area contributed by atoms with Crippen molar-refractivity contribution in [2.75, 3.05) is 5.43 Å². The van der Waals surface area contributed by atoms with Crippen LogP contribution in [0.4, 0.5) is 10.1 Å². The molecule has 0 atom stereocenters. The summed E-state index contributed by atoms with van der Waals surface area (Å²) in [5, 5.41) is 9.17. The molecule has 1 aromatic carbocycles. The van der Waals surface area contributed by atoms with E-state index >= 15 is 0 Å². The first-order valence-electron chi connectivity index (χ1n) is 3.27. The van der Waals surface area contributed by atoms with E-state index in [1.54, 1.807) is 24.5 Å². The topological polar surface area (TPSA) is 55.2 Å². The van der Waals surface area contributed by atoms with E-state index in [9.17, 15) is 14.5 Å². The molecule has 0 fully saturated rings. The van der Waals surface area contributed by atoms with Crippen molar-refractivity contribution < 1.29 is 9.42 Å². The maximum absolute atomic E-state index is 13.0. The fourth-order valence-corrected chi connectivity index (χ4v) is 0.832. The van der Waals surface area contributed by atoms with Crippen molar-refractivity contribution in [1.29, 1.82) is 0 Å². The van der Waals surface area contributed by atoms with Gasteiger partial charge in [0.05, 0.1) is 0 Å². The van der Waals surface area contributed by atoms with E-state index in [1.807, 2.05) is 0 Å². The summed E-state index contributed by atoms with van der Waals surface area (Å²) in [5.41, 5.74) is 2.03. The van der Waals surface area contributed by atoms with E-state index in [-0.39, 0.29) is 5.69 Å². The molecule has 0 saturated heterocycles. The number of nitro groups is 1. The number of benzene rings is 1. The van der Waals surface area contributed by atoms with E-state index in [1.165, 1.54) is 6.07 Å². The smallest absolute Gasteiger partial charge is 0.162 e. The van der Waals surface area contributed by atoms with E-state index in [2.05, 4.69) is 0 Å². The molecule has 0 unspecified atom stereocenters. The number of aryl methyl sites for hydroxylation is 1. The number of rotatable bonds is 2. The molecule has 1 rings (SSSR count). The van der Waals surface area contributed by atoms with Gasteiger partial charge in [-0.1, -0.05) is 12.1 Å². The Labute approximate surface area is 68.1 Å². The zero-order valence-corrected chi connectivity index (χ0v) is 6.37. The summed E-state index contributed by atoms with van der Waals surface area (Å²) >= 11 is 0. The molecule has 0 amide bonds. The average Bonchev–Trinajstić information content (AvgIpc) is 1.98. The first kappa shape index (κ1) is 8.45. The summed E-state index contributed by atoms with van der Waals surface area (Å²) in [7, 11) is 0. The van der Waals surface area contributed by atoms with Crippen molar-refractivity contribution >= 4 is 5.69 Å². The van der Waals surface area contributed by atoms with Crippen LogP contribution in [-0.2, 0) is 0 Å². The van der Waals surface area contributed by atoms with Gasteiger partial charge in [0.1, 0.15) is 5.69 Å². The third-order valence-electron chi connectivity index (χ3n) is 1.40. The lowest BCUT2D eigenvalue weighted by atomic mass is 10.2. The molecule has 4 nitrogen and oxygen atoms in total. The Hall–Kier alpha value is -1.65. The van der Waals surface area contributed by atoms with Gasteiger partial charge in [-0.3, -0.25) is 0 Å². The van der Waals surface area contributed by atoms with Gasteiger partial charge < -0.3 is 0 Å². The zero-order chi connectivity index (χ0) is 9.14. The lowest BCUT2D eigenvalue weighted by Crippen LogP contribution is -2.09. The fraction of sp³-hybridized carbons (Fsp3) is 0.143. The molecule has 0 aliphatic rings. The van der Waals surface area contributed by atoms with Gasteiger partial charge in [0.25, 0.3) is 0 Å².